The van der Waals surface area contributed by atoms with Crippen LogP contribution >= 0.6 is 0 Å². The Balaban J connectivity index is 1.56. The highest BCUT2D eigenvalue weighted by Crippen LogP contribution is 2.38. The Morgan fingerprint density at radius 2 is 2.20 bits per heavy atom. The molecule has 0 saturated carbocycles. The van der Waals surface area contributed by atoms with Crippen LogP contribution in [0.3, 0.4) is 0 Å². The predicted molar refractivity (Wildman–Crippen MR) is 94.3 cm³/mol. The molecule has 2 aliphatic heterocycles. The summed E-state index contributed by atoms with van der Waals surface area (Å²) in [6.45, 7) is 7.83. The van der Waals surface area contributed by atoms with Gasteiger partial charge in [-0.15, -0.1) is 0 Å². The van der Waals surface area contributed by atoms with Gasteiger partial charge in [0.1, 0.15) is 23.6 Å². The van der Waals surface area contributed by atoms with Gasteiger partial charge in [-0.05, 0) is 24.6 Å². The van der Waals surface area contributed by atoms with Gasteiger partial charge in [-0.2, -0.15) is 5.10 Å². The van der Waals surface area contributed by atoms with E-state index in [1.54, 1.807) is 6.33 Å². The van der Waals surface area contributed by atoms with Crippen molar-refractivity contribution in [2.75, 3.05) is 25.1 Å². The Labute approximate surface area is 147 Å². The Hall–Kier alpha value is -2.12. The van der Waals surface area contributed by atoms with Gasteiger partial charge in [-0.1, -0.05) is 13.0 Å². The van der Waals surface area contributed by atoms with Crippen molar-refractivity contribution >= 4 is 5.69 Å². The van der Waals surface area contributed by atoms with Crippen LogP contribution in [0.5, 0.6) is 5.75 Å². The standard InChI is InChI=1S/C18H25N5O2/c1-13-11-25-16-5-4-14(8-15(16)21(3)18(13,2)24)9-22-6-7-23-17(10-22)19-12-20-23/h4-5,8,12-13,24H,6-7,9-11H2,1-3H3/t13-,18?/m0/s1. The zero-order valence-corrected chi connectivity index (χ0v) is 15.0. The molecule has 1 aromatic carbocycles. The van der Waals surface area contributed by atoms with Crippen molar-refractivity contribution in [3.05, 3.63) is 35.9 Å². The van der Waals surface area contributed by atoms with Crippen LogP contribution in [0.25, 0.3) is 0 Å². The molecule has 25 heavy (non-hydrogen) atoms. The van der Waals surface area contributed by atoms with Gasteiger partial charge in [0, 0.05) is 26.1 Å². The highest BCUT2D eigenvalue weighted by molar-refractivity contribution is 5.61. The topological polar surface area (TPSA) is 66.7 Å². The number of fused-ring (bicyclic) bond motifs is 2. The number of aromatic nitrogens is 3. The van der Waals surface area contributed by atoms with Gasteiger partial charge in [0.25, 0.3) is 0 Å². The number of aliphatic hydroxyl groups is 1. The molecule has 1 unspecified atom stereocenters. The molecule has 0 amide bonds. The van der Waals surface area contributed by atoms with Gasteiger partial charge < -0.3 is 14.7 Å². The first-order chi connectivity index (χ1) is 11.9. The monoisotopic (exact) mass is 343 g/mol. The Morgan fingerprint density at radius 3 is 3.04 bits per heavy atom. The third-order valence-corrected chi connectivity index (χ3v) is 5.58. The summed E-state index contributed by atoms with van der Waals surface area (Å²) in [4.78, 5) is 8.61. The molecule has 0 bridgehead atoms. The average Bonchev–Trinajstić information content (AvgIpc) is 3.04. The lowest BCUT2D eigenvalue weighted by Gasteiger charge is -2.37. The first kappa shape index (κ1) is 16.4. The first-order valence-electron chi connectivity index (χ1n) is 8.76. The second-order valence-electron chi connectivity index (χ2n) is 7.28. The number of hydrogen-bond donors (Lipinski definition) is 1. The Kier molecular flexibility index (Phi) is 3.92. The number of benzene rings is 1. The summed E-state index contributed by atoms with van der Waals surface area (Å²) in [5.74, 6) is 1.86. The minimum absolute atomic E-state index is 0.0156. The quantitative estimate of drug-likeness (QED) is 0.891. The summed E-state index contributed by atoms with van der Waals surface area (Å²) in [5, 5.41) is 15.1. The highest BCUT2D eigenvalue weighted by Gasteiger charge is 2.37. The maximum atomic E-state index is 10.9. The lowest BCUT2D eigenvalue weighted by Crippen LogP contribution is -2.49. The summed E-state index contributed by atoms with van der Waals surface area (Å²) in [6.07, 6.45) is 1.62. The SMILES string of the molecule is C[C@H]1COc2ccc(CN3CCn4ncnc4C3)cc2N(C)C1(C)O. The van der Waals surface area contributed by atoms with Crippen LogP contribution in [0.1, 0.15) is 25.2 Å². The minimum atomic E-state index is -0.939. The van der Waals surface area contributed by atoms with Crippen molar-refractivity contribution in [1.29, 1.82) is 0 Å². The van der Waals surface area contributed by atoms with E-state index < -0.39 is 5.72 Å². The molecule has 0 saturated heterocycles. The summed E-state index contributed by atoms with van der Waals surface area (Å²) < 4.78 is 7.88. The van der Waals surface area contributed by atoms with Crippen LogP contribution in [-0.2, 0) is 19.6 Å². The molecule has 0 spiro atoms. The van der Waals surface area contributed by atoms with Crippen LogP contribution in [-0.4, -0.2) is 50.7 Å². The Morgan fingerprint density at radius 1 is 1.36 bits per heavy atom. The molecule has 134 valence electrons. The second-order valence-corrected chi connectivity index (χ2v) is 7.28. The minimum Gasteiger partial charge on any atom is -0.491 e. The smallest absolute Gasteiger partial charge is 0.142 e. The van der Waals surface area contributed by atoms with Crippen molar-refractivity contribution in [3.63, 3.8) is 0 Å². The summed E-state index contributed by atoms with van der Waals surface area (Å²) in [6, 6.07) is 6.25. The van der Waals surface area contributed by atoms with E-state index >= 15 is 0 Å². The molecular weight excluding hydrogens is 318 g/mol. The molecule has 3 heterocycles. The highest BCUT2D eigenvalue weighted by atomic mass is 16.5. The molecule has 7 nitrogen and oxygen atoms in total. The average molecular weight is 343 g/mol. The number of hydrogen-bond acceptors (Lipinski definition) is 6. The first-order valence-corrected chi connectivity index (χ1v) is 8.76. The van der Waals surface area contributed by atoms with E-state index in [0.29, 0.717) is 6.61 Å². The molecule has 1 N–H and O–H groups in total. The van der Waals surface area contributed by atoms with Crippen molar-refractivity contribution in [2.24, 2.45) is 5.92 Å². The molecule has 0 radical (unpaired) electrons. The molecular formula is C18H25N5O2. The molecule has 2 aromatic rings. The molecule has 2 atom stereocenters. The molecule has 4 rings (SSSR count). The van der Waals surface area contributed by atoms with Crippen LogP contribution in [0, 0.1) is 5.92 Å². The van der Waals surface area contributed by atoms with Crippen molar-refractivity contribution < 1.29 is 9.84 Å². The number of nitrogens with zero attached hydrogens (tertiary/aromatic N) is 5. The van der Waals surface area contributed by atoms with Gasteiger partial charge in [0.05, 0.1) is 25.4 Å². The number of rotatable bonds is 2. The fourth-order valence-corrected chi connectivity index (χ4v) is 3.50. The summed E-state index contributed by atoms with van der Waals surface area (Å²) >= 11 is 0. The van der Waals surface area contributed by atoms with Crippen molar-refractivity contribution in [3.8, 4) is 5.75 Å². The second kappa shape index (κ2) is 6.00. The number of anilines is 1. The van der Waals surface area contributed by atoms with E-state index in [0.717, 1.165) is 43.4 Å². The zero-order chi connectivity index (χ0) is 17.6. The third kappa shape index (κ3) is 2.87. The van der Waals surface area contributed by atoms with E-state index in [2.05, 4.69) is 27.1 Å². The maximum Gasteiger partial charge on any atom is 0.142 e. The fraction of sp³-hybridized carbons (Fsp3) is 0.556. The van der Waals surface area contributed by atoms with E-state index in [1.807, 2.05) is 36.5 Å². The van der Waals surface area contributed by atoms with Crippen LogP contribution in [0.2, 0.25) is 0 Å². The van der Waals surface area contributed by atoms with E-state index in [9.17, 15) is 5.11 Å². The van der Waals surface area contributed by atoms with E-state index in [4.69, 9.17) is 4.74 Å². The third-order valence-electron chi connectivity index (χ3n) is 5.58. The van der Waals surface area contributed by atoms with Gasteiger partial charge in [0.2, 0.25) is 0 Å². The van der Waals surface area contributed by atoms with Gasteiger partial charge >= 0.3 is 0 Å². The van der Waals surface area contributed by atoms with Gasteiger partial charge in [0.15, 0.2) is 0 Å². The molecule has 0 fully saturated rings. The molecule has 7 heteroatoms. The maximum absolute atomic E-state index is 10.9. The summed E-state index contributed by atoms with van der Waals surface area (Å²) in [5.41, 5.74) is 1.20. The normalized spacial score (nSPS) is 26.6. The molecule has 1 aromatic heterocycles. The van der Waals surface area contributed by atoms with Crippen molar-refractivity contribution in [1.82, 2.24) is 19.7 Å². The fourth-order valence-electron chi connectivity index (χ4n) is 3.50. The van der Waals surface area contributed by atoms with Crippen LogP contribution in [0.15, 0.2) is 24.5 Å². The van der Waals surface area contributed by atoms with Crippen LogP contribution in [0.4, 0.5) is 5.69 Å². The zero-order valence-electron chi connectivity index (χ0n) is 15.0. The Bertz CT molecular complexity index is 773. The largest absolute Gasteiger partial charge is 0.491 e. The molecule has 0 aliphatic carbocycles. The summed E-state index contributed by atoms with van der Waals surface area (Å²) in [7, 11) is 1.93. The number of ether oxygens (including phenoxy) is 1. The van der Waals surface area contributed by atoms with Crippen molar-refractivity contribution in [2.45, 2.75) is 39.2 Å². The van der Waals surface area contributed by atoms with E-state index in [-0.39, 0.29) is 5.92 Å². The van der Waals surface area contributed by atoms with E-state index in [1.165, 1.54) is 5.56 Å². The molecule has 2 aliphatic rings. The lowest BCUT2D eigenvalue weighted by atomic mass is 9.99. The lowest BCUT2D eigenvalue weighted by molar-refractivity contribution is -0.00380. The van der Waals surface area contributed by atoms with Gasteiger partial charge in [-0.3, -0.25) is 4.90 Å². The van der Waals surface area contributed by atoms with Gasteiger partial charge in [-0.25, -0.2) is 9.67 Å². The predicted octanol–water partition coefficient (Wildman–Crippen LogP) is 1.47. The van der Waals surface area contributed by atoms with Crippen LogP contribution < -0.4 is 9.64 Å².